The standard InChI is InChI=1S/C20H13Cl3F2N4O3/c21-12-2-1-9(27-19(32)11-8-20(11,22)23)7-10(12)18(31)28-14-4-3-13(24)17(16(14)25)29-15(30)5-6-26/h1-4,7,11H,5,8H2,(H,27,32)(H,28,31)(H,29,30). The zero-order valence-electron chi connectivity index (χ0n) is 15.9. The van der Waals surface area contributed by atoms with Gasteiger partial charge in [0.2, 0.25) is 11.8 Å². The number of rotatable bonds is 6. The van der Waals surface area contributed by atoms with Crippen LogP contribution in [0.4, 0.5) is 25.8 Å². The third-order valence-electron chi connectivity index (χ3n) is 4.46. The molecule has 0 heterocycles. The molecule has 32 heavy (non-hydrogen) atoms. The van der Waals surface area contributed by atoms with E-state index in [0.717, 1.165) is 12.1 Å². The molecule has 3 amide bonds. The Kier molecular flexibility index (Phi) is 6.88. The van der Waals surface area contributed by atoms with Gasteiger partial charge in [0.25, 0.3) is 5.91 Å². The van der Waals surface area contributed by atoms with Crippen LogP contribution in [-0.2, 0) is 9.59 Å². The van der Waals surface area contributed by atoms with Gasteiger partial charge in [-0.3, -0.25) is 14.4 Å². The third-order valence-corrected chi connectivity index (χ3v) is 5.63. The van der Waals surface area contributed by atoms with Crippen molar-refractivity contribution in [2.45, 2.75) is 17.2 Å². The molecule has 1 fully saturated rings. The van der Waals surface area contributed by atoms with Gasteiger partial charge in [0.15, 0.2) is 5.82 Å². The predicted molar refractivity (Wildman–Crippen MR) is 116 cm³/mol. The lowest BCUT2D eigenvalue weighted by Gasteiger charge is -2.13. The second-order valence-electron chi connectivity index (χ2n) is 6.82. The highest BCUT2D eigenvalue weighted by Gasteiger charge is 2.56. The van der Waals surface area contributed by atoms with Crippen LogP contribution in [0.2, 0.25) is 5.02 Å². The van der Waals surface area contributed by atoms with Crippen LogP contribution in [0.3, 0.4) is 0 Å². The number of nitrogens with one attached hydrogen (secondary N) is 3. The molecular formula is C20H13Cl3F2N4O3. The number of carbonyl (C=O) groups excluding carboxylic acids is 3. The SMILES string of the molecule is N#CCC(=O)Nc1c(F)ccc(NC(=O)c2cc(NC(=O)C3CC3(Cl)Cl)ccc2Cl)c1F. The molecule has 0 aromatic heterocycles. The number of hydrogen-bond acceptors (Lipinski definition) is 4. The number of amides is 3. The Balaban J connectivity index is 1.79. The van der Waals surface area contributed by atoms with Gasteiger partial charge in [-0.15, -0.1) is 23.2 Å². The monoisotopic (exact) mass is 500 g/mol. The lowest BCUT2D eigenvalue weighted by Crippen LogP contribution is -2.19. The number of nitrogens with zero attached hydrogens (tertiary/aromatic N) is 1. The molecule has 1 aliphatic carbocycles. The molecule has 2 aromatic rings. The molecule has 1 unspecified atom stereocenters. The van der Waals surface area contributed by atoms with E-state index in [9.17, 15) is 23.2 Å². The van der Waals surface area contributed by atoms with E-state index < -0.39 is 57.4 Å². The van der Waals surface area contributed by atoms with Crippen molar-refractivity contribution < 1.29 is 23.2 Å². The van der Waals surface area contributed by atoms with Crippen molar-refractivity contribution in [1.82, 2.24) is 0 Å². The fourth-order valence-electron chi connectivity index (χ4n) is 2.71. The Bertz CT molecular complexity index is 1170. The van der Waals surface area contributed by atoms with Gasteiger partial charge in [-0.2, -0.15) is 5.26 Å². The normalized spacial score (nSPS) is 15.9. The smallest absolute Gasteiger partial charge is 0.257 e. The molecule has 0 radical (unpaired) electrons. The average Bonchev–Trinajstić information content (AvgIpc) is 3.37. The molecule has 12 heteroatoms. The molecule has 166 valence electrons. The lowest BCUT2D eigenvalue weighted by molar-refractivity contribution is -0.117. The summed E-state index contributed by atoms with van der Waals surface area (Å²) in [5.41, 5.74) is -1.14. The average molecular weight is 502 g/mol. The van der Waals surface area contributed by atoms with E-state index in [1.54, 1.807) is 6.07 Å². The summed E-state index contributed by atoms with van der Waals surface area (Å²) in [6, 6.07) is 7.40. The van der Waals surface area contributed by atoms with E-state index in [-0.39, 0.29) is 16.3 Å². The van der Waals surface area contributed by atoms with Crippen molar-refractivity contribution in [2.24, 2.45) is 5.92 Å². The predicted octanol–water partition coefficient (Wildman–Crippen LogP) is 4.85. The molecule has 1 aliphatic rings. The van der Waals surface area contributed by atoms with Gasteiger partial charge in [0.05, 0.1) is 28.3 Å². The van der Waals surface area contributed by atoms with Crippen LogP contribution in [-0.4, -0.2) is 22.1 Å². The molecule has 3 rings (SSSR count). The highest BCUT2D eigenvalue weighted by Crippen LogP contribution is 2.53. The van der Waals surface area contributed by atoms with Gasteiger partial charge in [-0.25, -0.2) is 8.78 Å². The fraction of sp³-hybridized carbons (Fsp3) is 0.200. The van der Waals surface area contributed by atoms with Crippen LogP contribution in [0.1, 0.15) is 23.2 Å². The summed E-state index contributed by atoms with van der Waals surface area (Å²) in [4.78, 5) is 36.3. The van der Waals surface area contributed by atoms with Crippen molar-refractivity contribution in [2.75, 3.05) is 16.0 Å². The Morgan fingerprint density at radius 2 is 1.81 bits per heavy atom. The molecule has 1 atom stereocenters. The highest BCUT2D eigenvalue weighted by atomic mass is 35.5. The minimum Gasteiger partial charge on any atom is -0.326 e. The van der Waals surface area contributed by atoms with Gasteiger partial charge in [-0.1, -0.05) is 11.6 Å². The van der Waals surface area contributed by atoms with Crippen LogP contribution in [0.5, 0.6) is 0 Å². The summed E-state index contributed by atoms with van der Waals surface area (Å²) in [6.07, 6.45) is -0.320. The Hall–Kier alpha value is -2.93. The van der Waals surface area contributed by atoms with Gasteiger partial charge < -0.3 is 16.0 Å². The van der Waals surface area contributed by atoms with Gasteiger partial charge in [0.1, 0.15) is 22.3 Å². The zero-order valence-corrected chi connectivity index (χ0v) is 18.2. The summed E-state index contributed by atoms with van der Waals surface area (Å²) in [5, 5.41) is 15.2. The first-order valence-corrected chi connectivity index (χ1v) is 10.1. The highest BCUT2D eigenvalue weighted by molar-refractivity contribution is 6.52. The number of alkyl halides is 2. The van der Waals surface area contributed by atoms with Gasteiger partial charge in [0, 0.05) is 5.69 Å². The number of benzene rings is 2. The number of anilines is 3. The summed E-state index contributed by atoms with van der Waals surface area (Å²) in [5.74, 6) is -5.16. The summed E-state index contributed by atoms with van der Waals surface area (Å²) < 4.78 is 27.5. The quantitative estimate of drug-likeness (QED) is 0.491. The summed E-state index contributed by atoms with van der Waals surface area (Å²) in [7, 11) is 0. The van der Waals surface area contributed by atoms with Crippen LogP contribution in [0.15, 0.2) is 30.3 Å². The molecule has 1 saturated carbocycles. The first-order valence-electron chi connectivity index (χ1n) is 8.98. The van der Waals surface area contributed by atoms with Crippen LogP contribution >= 0.6 is 34.8 Å². The minimum absolute atomic E-state index is 0.000945. The number of hydrogen-bond donors (Lipinski definition) is 3. The summed E-state index contributed by atoms with van der Waals surface area (Å²) in [6.45, 7) is 0. The molecule has 0 aliphatic heterocycles. The molecule has 7 nitrogen and oxygen atoms in total. The second-order valence-corrected chi connectivity index (χ2v) is 8.77. The zero-order chi connectivity index (χ0) is 23.6. The Morgan fingerprint density at radius 1 is 1.12 bits per heavy atom. The second kappa shape index (κ2) is 9.28. The van der Waals surface area contributed by atoms with E-state index in [1.165, 1.54) is 18.2 Å². The topological polar surface area (TPSA) is 111 Å². The number of halogens is 5. The van der Waals surface area contributed by atoms with Gasteiger partial charge >= 0.3 is 0 Å². The van der Waals surface area contributed by atoms with Gasteiger partial charge in [-0.05, 0) is 36.8 Å². The fourth-order valence-corrected chi connectivity index (χ4v) is 3.42. The van der Waals surface area contributed by atoms with Crippen molar-refractivity contribution in [3.05, 3.63) is 52.6 Å². The molecule has 3 N–H and O–H groups in total. The van der Waals surface area contributed by atoms with E-state index in [1.807, 2.05) is 5.32 Å². The van der Waals surface area contributed by atoms with Crippen molar-refractivity contribution in [1.29, 1.82) is 5.26 Å². The van der Waals surface area contributed by atoms with Crippen LogP contribution < -0.4 is 16.0 Å². The Morgan fingerprint density at radius 3 is 2.44 bits per heavy atom. The summed E-state index contributed by atoms with van der Waals surface area (Å²) >= 11 is 17.8. The maximum atomic E-state index is 14.7. The van der Waals surface area contributed by atoms with Crippen LogP contribution in [0.25, 0.3) is 0 Å². The van der Waals surface area contributed by atoms with E-state index in [0.29, 0.717) is 6.42 Å². The molecule has 0 saturated heterocycles. The lowest BCUT2D eigenvalue weighted by atomic mass is 10.1. The molecular weight excluding hydrogens is 489 g/mol. The Labute approximate surface area is 195 Å². The van der Waals surface area contributed by atoms with Crippen molar-refractivity contribution >= 4 is 69.6 Å². The van der Waals surface area contributed by atoms with Crippen molar-refractivity contribution in [3.8, 4) is 6.07 Å². The minimum atomic E-state index is -1.25. The van der Waals surface area contributed by atoms with E-state index in [2.05, 4.69) is 10.6 Å². The number of nitriles is 1. The number of carbonyl (C=O) groups is 3. The largest absolute Gasteiger partial charge is 0.326 e. The maximum absolute atomic E-state index is 14.7. The van der Waals surface area contributed by atoms with E-state index in [4.69, 9.17) is 40.1 Å². The first-order chi connectivity index (χ1) is 15.0. The first kappa shape index (κ1) is 23.7. The van der Waals surface area contributed by atoms with Crippen LogP contribution in [0, 0.1) is 28.9 Å². The maximum Gasteiger partial charge on any atom is 0.257 e. The molecule has 2 aromatic carbocycles. The molecule has 0 spiro atoms. The van der Waals surface area contributed by atoms with E-state index >= 15 is 0 Å². The third kappa shape index (κ3) is 5.27. The van der Waals surface area contributed by atoms with Crippen molar-refractivity contribution in [3.63, 3.8) is 0 Å². The molecule has 0 bridgehead atoms.